The van der Waals surface area contributed by atoms with E-state index in [1.54, 1.807) is 12.1 Å². The summed E-state index contributed by atoms with van der Waals surface area (Å²) in [6.07, 6.45) is 3.49. The molecule has 0 aromatic heterocycles. The maximum absolute atomic E-state index is 12.9. The molecule has 0 heterocycles. The number of hydrogen-bond donors (Lipinski definition) is 1. The molecule has 0 aliphatic rings. The van der Waals surface area contributed by atoms with E-state index in [0.29, 0.717) is 12.0 Å². The van der Waals surface area contributed by atoms with Crippen molar-refractivity contribution in [2.75, 3.05) is 6.54 Å². The van der Waals surface area contributed by atoms with Gasteiger partial charge in [-0.05, 0) is 48.9 Å². The first-order valence-corrected chi connectivity index (χ1v) is 7.49. The van der Waals surface area contributed by atoms with E-state index in [-0.39, 0.29) is 5.82 Å². The van der Waals surface area contributed by atoms with Crippen molar-refractivity contribution in [1.29, 1.82) is 0 Å². The molecule has 0 saturated carbocycles. The van der Waals surface area contributed by atoms with Crippen LogP contribution >= 0.6 is 0 Å². The van der Waals surface area contributed by atoms with Crippen molar-refractivity contribution in [3.63, 3.8) is 0 Å². The van der Waals surface area contributed by atoms with Crippen LogP contribution in [0.25, 0.3) is 0 Å². The lowest BCUT2D eigenvalue weighted by Gasteiger charge is -2.22. The minimum absolute atomic E-state index is 0.150. The Labute approximate surface area is 117 Å². The number of nitrogens with one attached hydrogen (secondary N) is 1. The first kappa shape index (κ1) is 16.2. The van der Waals surface area contributed by atoms with Gasteiger partial charge >= 0.3 is 0 Å². The number of halogens is 1. The molecule has 2 heteroatoms. The van der Waals surface area contributed by atoms with Gasteiger partial charge in [0.2, 0.25) is 0 Å². The van der Waals surface area contributed by atoms with E-state index >= 15 is 0 Å². The van der Waals surface area contributed by atoms with E-state index in [2.05, 4.69) is 33.0 Å². The van der Waals surface area contributed by atoms with Crippen molar-refractivity contribution in [2.24, 2.45) is 11.8 Å². The van der Waals surface area contributed by atoms with Crippen LogP contribution in [-0.4, -0.2) is 12.6 Å². The van der Waals surface area contributed by atoms with Gasteiger partial charge in [0.05, 0.1) is 0 Å². The standard InChI is InChI=1S/C17H28FN/c1-5-14(4)10-16(12-19-13(2)3)11-15-6-8-17(18)9-7-15/h6-9,13-14,16,19H,5,10-12H2,1-4H3. The summed E-state index contributed by atoms with van der Waals surface area (Å²) in [5, 5.41) is 3.53. The Bertz CT molecular complexity index is 345. The maximum Gasteiger partial charge on any atom is 0.123 e. The van der Waals surface area contributed by atoms with Crippen molar-refractivity contribution in [3.8, 4) is 0 Å². The second kappa shape index (κ2) is 8.31. The molecular weight excluding hydrogens is 237 g/mol. The minimum atomic E-state index is -0.150. The molecule has 1 aromatic carbocycles. The van der Waals surface area contributed by atoms with Crippen LogP contribution in [0.5, 0.6) is 0 Å². The zero-order chi connectivity index (χ0) is 14.3. The fraction of sp³-hybridized carbons (Fsp3) is 0.647. The zero-order valence-corrected chi connectivity index (χ0v) is 12.7. The van der Waals surface area contributed by atoms with Crippen LogP contribution in [0.15, 0.2) is 24.3 Å². The summed E-state index contributed by atoms with van der Waals surface area (Å²) in [5.41, 5.74) is 1.24. The second-order valence-electron chi connectivity index (χ2n) is 6.01. The van der Waals surface area contributed by atoms with Crippen molar-refractivity contribution in [2.45, 2.75) is 53.0 Å². The molecule has 0 fully saturated rings. The molecule has 1 N–H and O–H groups in total. The Balaban J connectivity index is 2.58. The van der Waals surface area contributed by atoms with Crippen LogP contribution in [0.3, 0.4) is 0 Å². The van der Waals surface area contributed by atoms with Gasteiger partial charge in [-0.2, -0.15) is 0 Å². The summed E-state index contributed by atoms with van der Waals surface area (Å²) in [5.74, 6) is 1.23. The Kier molecular flexibility index (Phi) is 7.07. The number of rotatable bonds is 8. The Morgan fingerprint density at radius 3 is 2.26 bits per heavy atom. The lowest BCUT2D eigenvalue weighted by Crippen LogP contribution is -2.30. The second-order valence-corrected chi connectivity index (χ2v) is 6.01. The highest BCUT2D eigenvalue weighted by atomic mass is 19.1. The zero-order valence-electron chi connectivity index (χ0n) is 12.7. The molecule has 0 radical (unpaired) electrons. The molecular formula is C17H28FN. The molecule has 2 unspecified atom stereocenters. The number of benzene rings is 1. The van der Waals surface area contributed by atoms with Gasteiger partial charge in [0.25, 0.3) is 0 Å². The SMILES string of the molecule is CCC(C)CC(CNC(C)C)Cc1ccc(F)cc1. The maximum atomic E-state index is 12.9. The third-order valence-electron chi connectivity index (χ3n) is 3.69. The molecule has 0 spiro atoms. The quantitative estimate of drug-likeness (QED) is 0.733. The van der Waals surface area contributed by atoms with Gasteiger partial charge in [0.15, 0.2) is 0 Å². The average Bonchev–Trinajstić information content (AvgIpc) is 2.38. The summed E-state index contributed by atoms with van der Waals surface area (Å²) >= 11 is 0. The normalized spacial score (nSPS) is 14.6. The van der Waals surface area contributed by atoms with Crippen LogP contribution in [0.4, 0.5) is 4.39 Å². The molecule has 19 heavy (non-hydrogen) atoms. The topological polar surface area (TPSA) is 12.0 Å². The largest absolute Gasteiger partial charge is 0.314 e. The van der Waals surface area contributed by atoms with Crippen molar-refractivity contribution >= 4 is 0 Å². The molecule has 2 atom stereocenters. The predicted molar refractivity (Wildman–Crippen MR) is 80.8 cm³/mol. The van der Waals surface area contributed by atoms with Crippen LogP contribution in [0.1, 0.15) is 46.1 Å². The fourth-order valence-corrected chi connectivity index (χ4v) is 2.33. The molecule has 0 saturated heterocycles. The lowest BCUT2D eigenvalue weighted by atomic mass is 9.89. The molecule has 1 aromatic rings. The van der Waals surface area contributed by atoms with Gasteiger partial charge in [-0.3, -0.25) is 0 Å². The smallest absolute Gasteiger partial charge is 0.123 e. The highest BCUT2D eigenvalue weighted by molar-refractivity contribution is 5.16. The van der Waals surface area contributed by atoms with Gasteiger partial charge < -0.3 is 5.32 Å². The Morgan fingerprint density at radius 1 is 1.11 bits per heavy atom. The summed E-state index contributed by atoms with van der Waals surface area (Å²) < 4.78 is 12.9. The summed E-state index contributed by atoms with van der Waals surface area (Å²) in [4.78, 5) is 0. The summed E-state index contributed by atoms with van der Waals surface area (Å²) in [7, 11) is 0. The van der Waals surface area contributed by atoms with E-state index < -0.39 is 0 Å². The third kappa shape index (κ3) is 6.72. The van der Waals surface area contributed by atoms with Crippen LogP contribution in [0, 0.1) is 17.7 Å². The van der Waals surface area contributed by atoms with Crippen LogP contribution in [0.2, 0.25) is 0 Å². The highest BCUT2D eigenvalue weighted by Crippen LogP contribution is 2.19. The summed E-state index contributed by atoms with van der Waals surface area (Å²) in [6, 6.07) is 7.47. The van der Waals surface area contributed by atoms with E-state index in [1.807, 2.05) is 12.1 Å². The molecule has 0 aliphatic carbocycles. The first-order valence-electron chi connectivity index (χ1n) is 7.49. The summed E-state index contributed by atoms with van der Waals surface area (Å²) in [6.45, 7) is 9.96. The Morgan fingerprint density at radius 2 is 1.74 bits per heavy atom. The van der Waals surface area contributed by atoms with Crippen molar-refractivity contribution in [1.82, 2.24) is 5.32 Å². The first-order chi connectivity index (χ1) is 9.01. The highest BCUT2D eigenvalue weighted by Gasteiger charge is 2.13. The number of hydrogen-bond acceptors (Lipinski definition) is 1. The molecule has 1 nitrogen and oxygen atoms in total. The van der Waals surface area contributed by atoms with Crippen LogP contribution in [-0.2, 0) is 6.42 Å². The van der Waals surface area contributed by atoms with E-state index in [0.717, 1.165) is 18.9 Å². The molecule has 1 rings (SSSR count). The molecule has 0 bridgehead atoms. The van der Waals surface area contributed by atoms with Gasteiger partial charge in [0, 0.05) is 6.04 Å². The minimum Gasteiger partial charge on any atom is -0.314 e. The van der Waals surface area contributed by atoms with E-state index in [9.17, 15) is 4.39 Å². The fourth-order valence-electron chi connectivity index (χ4n) is 2.33. The average molecular weight is 265 g/mol. The van der Waals surface area contributed by atoms with Crippen molar-refractivity contribution in [3.05, 3.63) is 35.6 Å². The predicted octanol–water partition coefficient (Wildman–Crippen LogP) is 4.42. The monoisotopic (exact) mass is 265 g/mol. The van der Waals surface area contributed by atoms with Gasteiger partial charge in [-0.25, -0.2) is 4.39 Å². The molecule has 0 aliphatic heterocycles. The van der Waals surface area contributed by atoms with Crippen LogP contribution < -0.4 is 5.32 Å². The van der Waals surface area contributed by atoms with Crippen molar-refractivity contribution < 1.29 is 4.39 Å². The molecule has 0 amide bonds. The van der Waals surface area contributed by atoms with E-state index in [1.165, 1.54) is 18.4 Å². The van der Waals surface area contributed by atoms with Gasteiger partial charge in [0.1, 0.15) is 5.82 Å². The van der Waals surface area contributed by atoms with Gasteiger partial charge in [-0.15, -0.1) is 0 Å². The Hall–Kier alpha value is -0.890. The van der Waals surface area contributed by atoms with Gasteiger partial charge in [-0.1, -0.05) is 46.2 Å². The lowest BCUT2D eigenvalue weighted by molar-refractivity contribution is 0.353. The molecule has 108 valence electrons. The van der Waals surface area contributed by atoms with E-state index in [4.69, 9.17) is 0 Å². The third-order valence-corrected chi connectivity index (χ3v) is 3.69.